The molecule has 0 saturated heterocycles. The van der Waals surface area contributed by atoms with Crippen molar-refractivity contribution >= 4 is 34.0 Å². The average Bonchev–Trinajstić information content (AvgIpc) is 2.73. The van der Waals surface area contributed by atoms with E-state index in [1.807, 2.05) is 0 Å². The Bertz CT molecular complexity index is 544. The number of carbonyl (C=O) groups is 1. The highest BCUT2D eigenvalue weighted by atomic mass is 35.5. The molecule has 2 heterocycles. The van der Waals surface area contributed by atoms with Crippen LogP contribution in [0.2, 0.25) is 5.15 Å². The summed E-state index contributed by atoms with van der Waals surface area (Å²) < 4.78 is 0. The third kappa shape index (κ3) is 3.15. The van der Waals surface area contributed by atoms with E-state index < -0.39 is 5.97 Å². The molecule has 0 fully saturated rings. The zero-order valence-corrected chi connectivity index (χ0v) is 10.1. The molecule has 2 aromatic rings. The lowest BCUT2D eigenvalue weighted by atomic mass is 10.2. The van der Waals surface area contributed by atoms with Crippen molar-refractivity contribution < 1.29 is 9.90 Å². The molecule has 0 atom stereocenters. The summed E-state index contributed by atoms with van der Waals surface area (Å²) in [5.74, 6) is -0.967. The molecule has 0 aliphatic rings. The van der Waals surface area contributed by atoms with Crippen molar-refractivity contribution in [2.45, 2.75) is 6.54 Å². The SMILES string of the molecule is O=C(O)c1ccnc(CNc2nc(Cl)cs2)c1. The molecule has 0 amide bonds. The van der Waals surface area contributed by atoms with Crippen molar-refractivity contribution in [2.24, 2.45) is 0 Å². The van der Waals surface area contributed by atoms with Gasteiger partial charge in [0, 0.05) is 11.6 Å². The zero-order valence-electron chi connectivity index (χ0n) is 8.55. The number of pyridine rings is 1. The van der Waals surface area contributed by atoms with Crippen LogP contribution in [0.5, 0.6) is 0 Å². The van der Waals surface area contributed by atoms with E-state index in [2.05, 4.69) is 15.3 Å². The van der Waals surface area contributed by atoms with Gasteiger partial charge < -0.3 is 10.4 Å². The largest absolute Gasteiger partial charge is 0.478 e. The van der Waals surface area contributed by atoms with Gasteiger partial charge in [-0.3, -0.25) is 4.98 Å². The van der Waals surface area contributed by atoms with Crippen LogP contribution in [0.3, 0.4) is 0 Å². The number of hydrogen-bond acceptors (Lipinski definition) is 5. The second-order valence-corrected chi connectivity index (χ2v) is 4.42. The van der Waals surface area contributed by atoms with E-state index in [1.54, 1.807) is 5.38 Å². The summed E-state index contributed by atoms with van der Waals surface area (Å²) in [5, 5.41) is 14.7. The molecule has 2 N–H and O–H groups in total. The first kappa shape index (κ1) is 11.8. The van der Waals surface area contributed by atoms with Crippen LogP contribution in [-0.4, -0.2) is 21.0 Å². The Morgan fingerprint density at radius 1 is 1.59 bits per heavy atom. The van der Waals surface area contributed by atoms with E-state index in [1.165, 1.54) is 29.7 Å². The number of nitrogens with zero attached hydrogens (tertiary/aromatic N) is 2. The fourth-order valence-corrected chi connectivity index (χ4v) is 2.05. The lowest BCUT2D eigenvalue weighted by molar-refractivity contribution is 0.0696. The number of aromatic nitrogens is 2. The van der Waals surface area contributed by atoms with E-state index >= 15 is 0 Å². The summed E-state index contributed by atoms with van der Waals surface area (Å²) in [5.41, 5.74) is 0.852. The Labute approximate surface area is 106 Å². The van der Waals surface area contributed by atoms with Crippen molar-refractivity contribution in [2.75, 3.05) is 5.32 Å². The summed E-state index contributed by atoms with van der Waals surface area (Å²) >= 11 is 7.06. The molecule has 0 aliphatic carbocycles. The van der Waals surface area contributed by atoms with Crippen LogP contribution in [0, 0.1) is 0 Å². The number of thiazole rings is 1. The quantitative estimate of drug-likeness (QED) is 0.892. The summed E-state index contributed by atoms with van der Waals surface area (Å²) in [4.78, 5) is 18.8. The van der Waals surface area contributed by atoms with Gasteiger partial charge in [-0.2, -0.15) is 0 Å². The molecule has 0 saturated carbocycles. The predicted octanol–water partition coefficient (Wildman–Crippen LogP) is 2.50. The van der Waals surface area contributed by atoms with Crippen molar-refractivity contribution in [1.82, 2.24) is 9.97 Å². The minimum absolute atomic E-state index is 0.217. The van der Waals surface area contributed by atoms with Crippen molar-refractivity contribution in [3.05, 3.63) is 40.1 Å². The van der Waals surface area contributed by atoms with Crippen molar-refractivity contribution in [1.29, 1.82) is 0 Å². The molecule has 88 valence electrons. The van der Waals surface area contributed by atoms with E-state index in [-0.39, 0.29) is 5.56 Å². The van der Waals surface area contributed by atoms with Gasteiger partial charge in [0.25, 0.3) is 0 Å². The number of anilines is 1. The second-order valence-electron chi connectivity index (χ2n) is 3.17. The third-order valence-corrected chi connectivity index (χ3v) is 3.08. The highest BCUT2D eigenvalue weighted by Crippen LogP contribution is 2.19. The molecule has 5 nitrogen and oxygen atoms in total. The van der Waals surface area contributed by atoms with E-state index in [9.17, 15) is 4.79 Å². The topological polar surface area (TPSA) is 75.1 Å². The number of rotatable bonds is 4. The molecule has 17 heavy (non-hydrogen) atoms. The minimum atomic E-state index is -0.967. The number of hydrogen-bond donors (Lipinski definition) is 2. The molecule has 2 aromatic heterocycles. The van der Waals surface area contributed by atoms with Gasteiger partial charge in [0.05, 0.1) is 17.8 Å². The Morgan fingerprint density at radius 3 is 3.06 bits per heavy atom. The van der Waals surface area contributed by atoms with Gasteiger partial charge in [0.1, 0.15) is 5.15 Å². The van der Waals surface area contributed by atoms with Gasteiger partial charge in [-0.15, -0.1) is 11.3 Å². The molecule has 0 unspecified atom stereocenters. The van der Waals surface area contributed by atoms with Crippen molar-refractivity contribution in [3.63, 3.8) is 0 Å². The van der Waals surface area contributed by atoms with Gasteiger partial charge in [-0.05, 0) is 12.1 Å². The summed E-state index contributed by atoms with van der Waals surface area (Å²) in [6.45, 7) is 0.408. The summed E-state index contributed by atoms with van der Waals surface area (Å²) in [7, 11) is 0. The van der Waals surface area contributed by atoms with Crippen LogP contribution in [0.25, 0.3) is 0 Å². The number of carboxylic acid groups (broad SMARTS) is 1. The number of nitrogens with one attached hydrogen (secondary N) is 1. The maximum Gasteiger partial charge on any atom is 0.335 e. The molecular formula is C10H8ClN3O2S. The minimum Gasteiger partial charge on any atom is -0.478 e. The standard InChI is InChI=1S/C10H8ClN3O2S/c11-8-5-17-10(14-8)13-4-7-3-6(9(15)16)1-2-12-7/h1-3,5H,4H2,(H,13,14)(H,15,16). The number of aromatic carboxylic acids is 1. The van der Waals surface area contributed by atoms with Crippen LogP contribution >= 0.6 is 22.9 Å². The van der Waals surface area contributed by atoms with E-state index in [0.29, 0.717) is 22.5 Å². The monoisotopic (exact) mass is 269 g/mol. The highest BCUT2D eigenvalue weighted by molar-refractivity contribution is 7.14. The van der Waals surface area contributed by atoms with Crippen molar-refractivity contribution in [3.8, 4) is 0 Å². The molecule has 0 aromatic carbocycles. The lowest BCUT2D eigenvalue weighted by Gasteiger charge is -2.02. The fourth-order valence-electron chi connectivity index (χ4n) is 1.21. The molecule has 0 radical (unpaired) electrons. The third-order valence-electron chi connectivity index (χ3n) is 1.96. The molecule has 0 bridgehead atoms. The number of halogens is 1. The molecule has 2 rings (SSSR count). The maximum absolute atomic E-state index is 10.8. The van der Waals surface area contributed by atoms with Gasteiger partial charge >= 0.3 is 5.97 Å². The van der Waals surface area contributed by atoms with Crippen LogP contribution in [0.15, 0.2) is 23.7 Å². The second kappa shape index (κ2) is 5.11. The normalized spacial score (nSPS) is 10.2. The average molecular weight is 270 g/mol. The summed E-state index contributed by atoms with van der Waals surface area (Å²) in [6.07, 6.45) is 1.47. The molecule has 7 heteroatoms. The smallest absolute Gasteiger partial charge is 0.335 e. The Hall–Kier alpha value is -1.66. The first-order valence-corrected chi connectivity index (χ1v) is 5.94. The van der Waals surface area contributed by atoms with Gasteiger partial charge in [0.2, 0.25) is 0 Å². The van der Waals surface area contributed by atoms with Crippen LogP contribution in [0.1, 0.15) is 16.1 Å². The zero-order chi connectivity index (χ0) is 12.3. The van der Waals surface area contributed by atoms with Crippen LogP contribution in [0.4, 0.5) is 5.13 Å². The van der Waals surface area contributed by atoms with E-state index in [0.717, 1.165) is 0 Å². The Kier molecular flexibility index (Phi) is 3.55. The first-order valence-electron chi connectivity index (χ1n) is 4.68. The molecule has 0 spiro atoms. The molecular weight excluding hydrogens is 262 g/mol. The molecule has 0 aliphatic heterocycles. The highest BCUT2D eigenvalue weighted by Gasteiger charge is 2.05. The predicted molar refractivity (Wildman–Crippen MR) is 65.6 cm³/mol. The Morgan fingerprint density at radius 2 is 2.41 bits per heavy atom. The van der Waals surface area contributed by atoms with Gasteiger partial charge in [-0.1, -0.05) is 11.6 Å². The Balaban J connectivity index is 2.04. The number of carboxylic acids is 1. The summed E-state index contributed by atoms with van der Waals surface area (Å²) in [6, 6.07) is 2.97. The maximum atomic E-state index is 10.8. The van der Waals surface area contributed by atoms with Crippen LogP contribution < -0.4 is 5.32 Å². The van der Waals surface area contributed by atoms with Gasteiger partial charge in [-0.25, -0.2) is 9.78 Å². The fraction of sp³-hybridized carbons (Fsp3) is 0.100. The van der Waals surface area contributed by atoms with E-state index in [4.69, 9.17) is 16.7 Å². The van der Waals surface area contributed by atoms with Crippen LogP contribution in [-0.2, 0) is 6.54 Å². The lowest BCUT2D eigenvalue weighted by Crippen LogP contribution is -2.04. The van der Waals surface area contributed by atoms with Gasteiger partial charge in [0.15, 0.2) is 5.13 Å². The first-order chi connectivity index (χ1) is 8.15.